The number of hydrogen-bond acceptors (Lipinski definition) is 4. The van der Waals surface area contributed by atoms with Gasteiger partial charge in [0.25, 0.3) is 5.91 Å². The van der Waals surface area contributed by atoms with Crippen molar-refractivity contribution >= 4 is 45.0 Å². The fourth-order valence-electron chi connectivity index (χ4n) is 2.51. The van der Waals surface area contributed by atoms with E-state index in [9.17, 15) is 14.7 Å². The van der Waals surface area contributed by atoms with Crippen LogP contribution in [0.2, 0.25) is 5.15 Å². The lowest BCUT2D eigenvalue weighted by Crippen LogP contribution is -2.27. The fraction of sp³-hybridized carbons (Fsp3) is 0.176. The molecule has 0 radical (unpaired) electrons. The Morgan fingerprint density at radius 1 is 1.28 bits per heavy atom. The molecular formula is C17H14ClN3O3S. The largest absolute Gasteiger partial charge is 0.480 e. The Labute approximate surface area is 152 Å². The zero-order valence-corrected chi connectivity index (χ0v) is 14.8. The second kappa shape index (κ2) is 7.16. The Bertz CT molecular complexity index is 1030. The summed E-state index contributed by atoms with van der Waals surface area (Å²) < 4.78 is 2.44. The van der Waals surface area contributed by atoms with E-state index in [0.29, 0.717) is 11.2 Å². The summed E-state index contributed by atoms with van der Waals surface area (Å²) in [6.07, 6.45) is 0.368. The van der Waals surface area contributed by atoms with Gasteiger partial charge in [-0.3, -0.25) is 4.79 Å². The maximum atomic E-state index is 12.4. The topological polar surface area (TPSA) is 84.5 Å². The quantitative estimate of drug-likeness (QED) is 0.707. The smallest absolute Gasteiger partial charge is 0.326 e. The van der Waals surface area contributed by atoms with Crippen molar-refractivity contribution in [2.75, 3.05) is 0 Å². The van der Waals surface area contributed by atoms with E-state index in [1.807, 2.05) is 24.3 Å². The maximum Gasteiger partial charge on any atom is 0.326 e. The molecule has 0 aliphatic heterocycles. The lowest BCUT2D eigenvalue weighted by molar-refractivity contribution is -0.140. The van der Waals surface area contributed by atoms with Crippen molar-refractivity contribution in [2.24, 2.45) is 4.99 Å². The first-order chi connectivity index (χ1) is 12.0. The second-order valence-electron chi connectivity index (χ2n) is 5.25. The van der Waals surface area contributed by atoms with E-state index in [0.717, 1.165) is 10.2 Å². The van der Waals surface area contributed by atoms with Crippen molar-refractivity contribution in [3.05, 3.63) is 58.1 Å². The minimum atomic E-state index is -0.971. The predicted octanol–water partition coefficient (Wildman–Crippen LogP) is 3.53. The highest BCUT2D eigenvalue weighted by atomic mass is 35.5. The number of fused-ring (bicyclic) bond motifs is 1. The fourth-order valence-corrected chi connectivity index (χ4v) is 3.74. The van der Waals surface area contributed by atoms with Gasteiger partial charge in [0.05, 0.1) is 10.2 Å². The van der Waals surface area contributed by atoms with Crippen LogP contribution in [-0.4, -0.2) is 26.5 Å². The molecule has 6 nitrogen and oxygen atoms in total. The molecule has 1 atom stereocenters. The summed E-state index contributed by atoms with van der Waals surface area (Å²) >= 11 is 7.08. The molecule has 128 valence electrons. The molecule has 1 aromatic carbocycles. The molecule has 0 aliphatic carbocycles. The van der Waals surface area contributed by atoms with Crippen LogP contribution in [-0.2, 0) is 4.79 Å². The van der Waals surface area contributed by atoms with Crippen molar-refractivity contribution < 1.29 is 14.7 Å². The SMILES string of the molecule is CCC(C(=O)O)n1/c(=N/C(=O)c2cccc(Cl)n2)sc2ccccc21. The zero-order valence-electron chi connectivity index (χ0n) is 13.2. The summed E-state index contributed by atoms with van der Waals surface area (Å²) in [7, 11) is 0. The third kappa shape index (κ3) is 3.47. The van der Waals surface area contributed by atoms with Crippen LogP contribution < -0.4 is 4.80 Å². The minimum absolute atomic E-state index is 0.111. The molecule has 0 aliphatic rings. The van der Waals surface area contributed by atoms with Crippen molar-refractivity contribution in [1.82, 2.24) is 9.55 Å². The van der Waals surface area contributed by atoms with Crippen LogP contribution in [0.3, 0.4) is 0 Å². The zero-order chi connectivity index (χ0) is 18.0. The highest BCUT2D eigenvalue weighted by molar-refractivity contribution is 7.16. The van der Waals surface area contributed by atoms with E-state index in [-0.39, 0.29) is 10.8 Å². The number of carboxylic acids is 1. The van der Waals surface area contributed by atoms with E-state index in [4.69, 9.17) is 11.6 Å². The number of carbonyl (C=O) groups excluding carboxylic acids is 1. The van der Waals surface area contributed by atoms with Gasteiger partial charge in [-0.25, -0.2) is 9.78 Å². The Morgan fingerprint density at radius 2 is 2.04 bits per heavy atom. The third-order valence-corrected chi connectivity index (χ3v) is 4.89. The third-order valence-electron chi connectivity index (χ3n) is 3.65. The van der Waals surface area contributed by atoms with E-state index in [1.165, 1.54) is 17.4 Å². The predicted molar refractivity (Wildman–Crippen MR) is 95.9 cm³/mol. The van der Waals surface area contributed by atoms with Gasteiger partial charge in [0.1, 0.15) is 16.9 Å². The average molecular weight is 376 g/mol. The number of thiazole rings is 1. The van der Waals surface area contributed by atoms with Gasteiger partial charge in [0, 0.05) is 0 Å². The van der Waals surface area contributed by atoms with E-state index in [1.54, 1.807) is 23.6 Å². The van der Waals surface area contributed by atoms with Gasteiger partial charge < -0.3 is 9.67 Å². The summed E-state index contributed by atoms with van der Waals surface area (Å²) in [5.41, 5.74) is 0.840. The van der Waals surface area contributed by atoms with E-state index >= 15 is 0 Å². The summed E-state index contributed by atoms with van der Waals surface area (Å²) in [6.45, 7) is 1.78. The first kappa shape index (κ1) is 17.3. The van der Waals surface area contributed by atoms with Crippen LogP contribution in [0, 0.1) is 0 Å². The van der Waals surface area contributed by atoms with Gasteiger partial charge in [0.2, 0.25) is 0 Å². The number of pyridine rings is 1. The van der Waals surface area contributed by atoms with Crippen molar-refractivity contribution in [3.8, 4) is 0 Å². The molecule has 8 heteroatoms. The number of nitrogens with zero attached hydrogens (tertiary/aromatic N) is 3. The van der Waals surface area contributed by atoms with Crippen LogP contribution in [0.1, 0.15) is 29.9 Å². The number of aromatic nitrogens is 2. The van der Waals surface area contributed by atoms with Gasteiger partial charge in [-0.2, -0.15) is 4.99 Å². The Kier molecular flexibility index (Phi) is 4.96. The van der Waals surface area contributed by atoms with Crippen LogP contribution in [0.5, 0.6) is 0 Å². The van der Waals surface area contributed by atoms with Gasteiger partial charge >= 0.3 is 5.97 Å². The maximum absolute atomic E-state index is 12.4. The lowest BCUT2D eigenvalue weighted by Gasteiger charge is -2.13. The molecule has 1 amide bonds. The molecule has 1 N–H and O–H groups in total. The van der Waals surface area contributed by atoms with Gasteiger partial charge in [-0.1, -0.05) is 48.1 Å². The minimum Gasteiger partial charge on any atom is -0.480 e. The van der Waals surface area contributed by atoms with Crippen LogP contribution in [0.25, 0.3) is 10.2 Å². The van der Waals surface area contributed by atoms with Gasteiger partial charge in [-0.15, -0.1) is 0 Å². The standard InChI is InChI=1S/C17H14ClN3O3S/c1-2-11(16(23)24)21-12-7-3-4-8-13(12)25-17(21)20-15(22)10-6-5-9-14(18)19-10/h3-9,11H,2H2,1H3,(H,23,24)/b20-17-. The molecule has 1 unspecified atom stereocenters. The number of hydrogen-bond donors (Lipinski definition) is 1. The number of carboxylic acid groups (broad SMARTS) is 1. The summed E-state index contributed by atoms with van der Waals surface area (Å²) in [5, 5.41) is 9.74. The number of benzene rings is 1. The summed E-state index contributed by atoms with van der Waals surface area (Å²) in [4.78, 5) is 32.5. The molecule has 0 saturated carbocycles. The Morgan fingerprint density at radius 3 is 2.72 bits per heavy atom. The number of aliphatic carboxylic acids is 1. The average Bonchev–Trinajstić information content (AvgIpc) is 2.93. The Hall–Kier alpha value is -2.51. The number of rotatable bonds is 4. The highest BCUT2D eigenvalue weighted by Crippen LogP contribution is 2.22. The second-order valence-corrected chi connectivity index (χ2v) is 6.64. The van der Waals surface area contributed by atoms with Crippen molar-refractivity contribution in [1.29, 1.82) is 0 Å². The molecule has 3 rings (SSSR count). The van der Waals surface area contributed by atoms with Crippen LogP contribution in [0.4, 0.5) is 0 Å². The van der Waals surface area contributed by atoms with E-state index in [2.05, 4.69) is 9.98 Å². The molecule has 0 fully saturated rings. The molecule has 0 saturated heterocycles. The summed E-state index contributed by atoms with van der Waals surface area (Å²) in [6, 6.07) is 11.3. The monoisotopic (exact) mass is 375 g/mol. The molecule has 0 spiro atoms. The van der Waals surface area contributed by atoms with Crippen LogP contribution >= 0.6 is 22.9 Å². The number of amides is 1. The number of carbonyl (C=O) groups is 2. The molecular weight excluding hydrogens is 362 g/mol. The number of para-hydroxylation sites is 1. The molecule has 0 bridgehead atoms. The molecule has 25 heavy (non-hydrogen) atoms. The first-order valence-electron chi connectivity index (χ1n) is 7.55. The van der Waals surface area contributed by atoms with Gasteiger partial charge in [-0.05, 0) is 30.7 Å². The lowest BCUT2D eigenvalue weighted by atomic mass is 10.2. The number of halogens is 1. The molecule has 2 aromatic heterocycles. The van der Waals surface area contributed by atoms with Crippen LogP contribution in [0.15, 0.2) is 47.5 Å². The molecule has 3 aromatic rings. The van der Waals surface area contributed by atoms with E-state index < -0.39 is 17.9 Å². The van der Waals surface area contributed by atoms with Crippen molar-refractivity contribution in [2.45, 2.75) is 19.4 Å². The Balaban J connectivity index is 2.21. The van der Waals surface area contributed by atoms with Gasteiger partial charge in [0.15, 0.2) is 4.80 Å². The highest BCUT2D eigenvalue weighted by Gasteiger charge is 2.22. The van der Waals surface area contributed by atoms with Crippen molar-refractivity contribution in [3.63, 3.8) is 0 Å². The molecule has 2 heterocycles. The first-order valence-corrected chi connectivity index (χ1v) is 8.75. The normalized spacial score (nSPS) is 13.1. The summed E-state index contributed by atoms with van der Waals surface area (Å²) in [5.74, 6) is -1.54.